The summed E-state index contributed by atoms with van der Waals surface area (Å²) < 4.78 is 15.7. The van der Waals surface area contributed by atoms with E-state index in [-0.39, 0.29) is 11.6 Å². The molecule has 0 unspecified atom stereocenters. The van der Waals surface area contributed by atoms with Crippen LogP contribution in [0.5, 0.6) is 5.75 Å². The molecule has 1 aromatic heterocycles. The summed E-state index contributed by atoms with van der Waals surface area (Å²) in [5.41, 5.74) is 3.38. The van der Waals surface area contributed by atoms with Crippen LogP contribution in [0.15, 0.2) is 12.1 Å². The average Bonchev–Trinajstić information content (AvgIpc) is 2.49. The van der Waals surface area contributed by atoms with E-state index in [1.165, 1.54) is 30.2 Å². The third-order valence-corrected chi connectivity index (χ3v) is 3.98. The number of aromatic hydroxyl groups is 1. The lowest BCUT2D eigenvalue weighted by Gasteiger charge is -2.07. The molecule has 0 radical (unpaired) electrons. The molecule has 1 aliphatic rings. The van der Waals surface area contributed by atoms with E-state index in [1.807, 2.05) is 0 Å². The normalized spacial score (nSPS) is 15.7. The summed E-state index contributed by atoms with van der Waals surface area (Å²) >= 11 is 0. The molecule has 0 bridgehead atoms. The second-order valence-electron chi connectivity index (χ2n) is 5.05. The first kappa shape index (κ1) is 11.6. The number of phenolic OH excluding ortho intramolecular Hbond substituents is 1. The number of hydrogen-bond donors (Lipinski definition) is 1. The Morgan fingerprint density at radius 2 is 2.00 bits per heavy atom. The summed E-state index contributed by atoms with van der Waals surface area (Å²) in [4.78, 5) is 0. The van der Waals surface area contributed by atoms with Crippen LogP contribution in [0.2, 0.25) is 0 Å². The van der Waals surface area contributed by atoms with Crippen molar-refractivity contribution < 1.29 is 9.50 Å². The predicted molar refractivity (Wildman–Crippen MR) is 70.5 cm³/mol. The number of benzene rings is 1. The molecule has 2 aromatic rings. The second kappa shape index (κ2) is 4.30. The molecule has 0 atom stereocenters. The third-order valence-electron chi connectivity index (χ3n) is 3.98. The minimum absolute atomic E-state index is 0.0929. The van der Waals surface area contributed by atoms with Crippen LogP contribution in [-0.4, -0.2) is 9.67 Å². The van der Waals surface area contributed by atoms with Crippen molar-refractivity contribution in [3.63, 3.8) is 0 Å². The van der Waals surface area contributed by atoms with Crippen LogP contribution < -0.4 is 0 Å². The van der Waals surface area contributed by atoms with Gasteiger partial charge in [0.05, 0.1) is 5.52 Å². The van der Waals surface area contributed by atoms with Crippen LogP contribution in [-0.2, 0) is 19.4 Å². The van der Waals surface area contributed by atoms with Gasteiger partial charge in [-0.1, -0.05) is 6.42 Å². The van der Waals surface area contributed by atoms with Gasteiger partial charge in [0.15, 0.2) is 0 Å². The minimum Gasteiger partial charge on any atom is -0.507 e. The maximum Gasteiger partial charge on any atom is 0.129 e. The molecular formula is C15H18FNO. The quantitative estimate of drug-likeness (QED) is 0.762. The third kappa shape index (κ3) is 1.61. The summed E-state index contributed by atoms with van der Waals surface area (Å²) in [5, 5.41) is 10.9. The van der Waals surface area contributed by atoms with Gasteiger partial charge in [0, 0.05) is 23.7 Å². The van der Waals surface area contributed by atoms with Crippen LogP contribution in [0.4, 0.5) is 4.39 Å². The van der Waals surface area contributed by atoms with E-state index in [0.29, 0.717) is 0 Å². The monoisotopic (exact) mass is 247 g/mol. The smallest absolute Gasteiger partial charge is 0.129 e. The molecule has 0 spiro atoms. The van der Waals surface area contributed by atoms with Crippen molar-refractivity contribution in [3.05, 3.63) is 29.2 Å². The minimum atomic E-state index is -0.359. The topological polar surface area (TPSA) is 25.2 Å². The number of hydrogen-bond acceptors (Lipinski definition) is 1. The molecule has 0 saturated heterocycles. The molecule has 1 heterocycles. The highest BCUT2D eigenvalue weighted by Crippen LogP contribution is 2.37. The molecule has 0 fully saturated rings. The highest BCUT2D eigenvalue weighted by molar-refractivity contribution is 5.91. The Bertz CT molecular complexity index is 600. The van der Waals surface area contributed by atoms with E-state index in [1.54, 1.807) is 6.07 Å². The summed E-state index contributed by atoms with van der Waals surface area (Å²) in [5.74, 6) is -0.266. The van der Waals surface area contributed by atoms with Crippen LogP contribution in [0.3, 0.4) is 0 Å². The van der Waals surface area contributed by atoms with Gasteiger partial charge in [0.1, 0.15) is 11.6 Å². The van der Waals surface area contributed by atoms with Gasteiger partial charge in [-0.15, -0.1) is 0 Å². The first-order valence-electron chi connectivity index (χ1n) is 6.74. The van der Waals surface area contributed by atoms with Crippen LogP contribution in [0, 0.1) is 5.82 Å². The molecule has 96 valence electrons. The lowest BCUT2D eigenvalue weighted by molar-refractivity contribution is 0.475. The fourth-order valence-corrected chi connectivity index (χ4v) is 3.24. The summed E-state index contributed by atoms with van der Waals surface area (Å²) in [6.07, 6.45) is 5.62. The van der Waals surface area contributed by atoms with E-state index in [2.05, 4.69) is 11.5 Å². The van der Waals surface area contributed by atoms with Crippen molar-refractivity contribution in [1.29, 1.82) is 0 Å². The molecule has 2 nitrogen and oxygen atoms in total. The SMILES string of the molecule is CCn1c2c(c3c(O)cc(F)cc31)CCCCC2. The van der Waals surface area contributed by atoms with Gasteiger partial charge < -0.3 is 9.67 Å². The van der Waals surface area contributed by atoms with Gasteiger partial charge in [-0.3, -0.25) is 0 Å². The lowest BCUT2D eigenvalue weighted by Crippen LogP contribution is -2.01. The van der Waals surface area contributed by atoms with Crippen molar-refractivity contribution >= 4 is 10.9 Å². The average molecular weight is 247 g/mol. The Hall–Kier alpha value is -1.51. The Morgan fingerprint density at radius 3 is 2.78 bits per heavy atom. The second-order valence-corrected chi connectivity index (χ2v) is 5.05. The Labute approximate surface area is 106 Å². The van der Waals surface area contributed by atoms with E-state index in [9.17, 15) is 9.50 Å². The molecule has 18 heavy (non-hydrogen) atoms. The molecule has 0 aliphatic heterocycles. The first-order valence-corrected chi connectivity index (χ1v) is 6.74. The zero-order valence-electron chi connectivity index (χ0n) is 10.7. The highest BCUT2D eigenvalue weighted by Gasteiger charge is 2.21. The zero-order valence-corrected chi connectivity index (χ0v) is 10.7. The van der Waals surface area contributed by atoms with Gasteiger partial charge in [-0.2, -0.15) is 0 Å². The van der Waals surface area contributed by atoms with E-state index in [4.69, 9.17) is 0 Å². The summed E-state index contributed by atoms with van der Waals surface area (Å²) in [7, 11) is 0. The molecule has 0 saturated carbocycles. The van der Waals surface area contributed by atoms with Gasteiger partial charge in [-0.25, -0.2) is 4.39 Å². The lowest BCUT2D eigenvalue weighted by atomic mass is 10.1. The molecule has 3 heteroatoms. The van der Waals surface area contributed by atoms with Gasteiger partial charge in [0.25, 0.3) is 0 Å². The highest BCUT2D eigenvalue weighted by atomic mass is 19.1. The molecule has 3 rings (SSSR count). The number of rotatable bonds is 1. The Balaban J connectivity index is 2.38. The predicted octanol–water partition coefficient (Wildman–Crippen LogP) is 3.77. The summed E-state index contributed by atoms with van der Waals surface area (Å²) in [6.45, 7) is 2.90. The van der Waals surface area contributed by atoms with Crippen molar-refractivity contribution in [3.8, 4) is 5.75 Å². The van der Waals surface area contributed by atoms with E-state index >= 15 is 0 Å². The number of aryl methyl sites for hydroxylation is 2. The van der Waals surface area contributed by atoms with Crippen molar-refractivity contribution in [1.82, 2.24) is 4.57 Å². The van der Waals surface area contributed by atoms with Crippen LogP contribution in [0.25, 0.3) is 10.9 Å². The maximum atomic E-state index is 13.5. The number of aromatic nitrogens is 1. The van der Waals surface area contributed by atoms with Crippen LogP contribution in [0.1, 0.15) is 37.4 Å². The van der Waals surface area contributed by atoms with E-state index < -0.39 is 0 Å². The van der Waals surface area contributed by atoms with Crippen molar-refractivity contribution in [2.75, 3.05) is 0 Å². The van der Waals surface area contributed by atoms with Crippen molar-refractivity contribution in [2.24, 2.45) is 0 Å². The number of halogens is 1. The fraction of sp³-hybridized carbons (Fsp3) is 0.467. The van der Waals surface area contributed by atoms with Gasteiger partial charge in [0.2, 0.25) is 0 Å². The number of phenols is 1. The zero-order chi connectivity index (χ0) is 12.7. The Morgan fingerprint density at radius 1 is 1.22 bits per heavy atom. The first-order chi connectivity index (χ1) is 8.72. The van der Waals surface area contributed by atoms with E-state index in [0.717, 1.165) is 36.7 Å². The molecule has 0 amide bonds. The summed E-state index contributed by atoms with van der Waals surface area (Å²) in [6, 6.07) is 2.78. The van der Waals surface area contributed by atoms with Gasteiger partial charge in [-0.05, 0) is 44.2 Å². The number of nitrogens with zero attached hydrogens (tertiary/aromatic N) is 1. The fourth-order valence-electron chi connectivity index (χ4n) is 3.24. The Kier molecular flexibility index (Phi) is 2.77. The largest absolute Gasteiger partial charge is 0.507 e. The standard InChI is InChI=1S/C15H18FNO/c1-2-17-12-7-5-3-4-6-11(12)15-13(17)8-10(16)9-14(15)18/h8-9,18H,2-7H2,1H3. The molecule has 1 N–H and O–H groups in total. The number of fused-ring (bicyclic) bond motifs is 3. The van der Waals surface area contributed by atoms with Gasteiger partial charge >= 0.3 is 0 Å². The molecule has 1 aromatic carbocycles. The molecule has 1 aliphatic carbocycles. The van der Waals surface area contributed by atoms with Crippen molar-refractivity contribution in [2.45, 2.75) is 45.6 Å². The maximum absolute atomic E-state index is 13.5. The van der Waals surface area contributed by atoms with Crippen LogP contribution >= 0.6 is 0 Å². The molecular weight excluding hydrogens is 229 g/mol.